The fraction of sp³-hybridized carbons (Fsp3) is 0.0732. The van der Waals surface area contributed by atoms with Crippen LogP contribution in [0.3, 0.4) is 0 Å². The van der Waals surface area contributed by atoms with Gasteiger partial charge in [-0.2, -0.15) is 0 Å². The van der Waals surface area contributed by atoms with Crippen molar-refractivity contribution in [2.75, 3.05) is 19.6 Å². The van der Waals surface area contributed by atoms with Gasteiger partial charge in [0.25, 0.3) is 0 Å². The minimum Gasteiger partial charge on any atom is -0.310 e. The quantitative estimate of drug-likeness (QED) is 0.113. The molecule has 0 unspecified atom stereocenters. The second kappa shape index (κ2) is 21.2. The number of hydrogen-bond donors (Lipinski definition) is 0. The Hall–Kier alpha value is -10.7. The molecule has 4 heteroatoms. The molecule has 86 heavy (non-hydrogen) atoms. The zero-order valence-electron chi connectivity index (χ0n) is 48.8. The number of anilines is 12. The summed E-state index contributed by atoms with van der Waals surface area (Å²) in [6, 6.07) is 106. The predicted octanol–water partition coefficient (Wildman–Crippen LogP) is 22.8. The van der Waals surface area contributed by atoms with E-state index in [9.17, 15) is 0 Å². The lowest BCUT2D eigenvalue weighted by Gasteiger charge is -2.40. The van der Waals surface area contributed by atoms with Crippen molar-refractivity contribution in [1.29, 1.82) is 0 Å². The molecule has 0 atom stereocenters. The minimum atomic E-state index is -0.209. The first-order chi connectivity index (χ1) is 42.2. The highest BCUT2D eigenvalue weighted by molar-refractivity contribution is 6.03. The molecular formula is C82H64N4. The fourth-order valence-corrected chi connectivity index (χ4v) is 13.6. The summed E-state index contributed by atoms with van der Waals surface area (Å²) >= 11 is 0. The van der Waals surface area contributed by atoms with E-state index in [0.29, 0.717) is 0 Å². The molecule has 0 fully saturated rings. The van der Waals surface area contributed by atoms with Crippen LogP contribution >= 0.6 is 0 Å². The molecule has 0 aromatic heterocycles. The number of rotatable bonds is 12. The Labute approximate surface area is 505 Å². The van der Waals surface area contributed by atoms with E-state index >= 15 is 0 Å². The van der Waals surface area contributed by atoms with Crippen molar-refractivity contribution in [2.24, 2.45) is 0 Å². The Morgan fingerprint density at radius 2 is 0.512 bits per heavy atom. The van der Waals surface area contributed by atoms with Crippen LogP contribution in [0, 0.1) is 0 Å². The monoisotopic (exact) mass is 1100 g/mol. The lowest BCUT2D eigenvalue weighted by atomic mass is 9.81. The molecule has 15 rings (SSSR count). The molecule has 412 valence electrons. The van der Waals surface area contributed by atoms with Gasteiger partial charge in [0.1, 0.15) is 0 Å². The second-order valence-electron chi connectivity index (χ2n) is 23.8. The summed E-state index contributed by atoms with van der Waals surface area (Å²) in [4.78, 5) is 9.57. The normalized spacial score (nSPS) is 13.9. The fourth-order valence-electron chi connectivity index (χ4n) is 13.6. The Bertz CT molecular complexity index is 4230. The maximum atomic E-state index is 2.44. The van der Waals surface area contributed by atoms with E-state index in [1.54, 1.807) is 0 Å². The maximum Gasteiger partial charge on any atom is 0.0709 e. The molecule has 0 saturated heterocycles. The van der Waals surface area contributed by atoms with Crippen LogP contribution in [0.1, 0.15) is 72.2 Å². The summed E-state index contributed by atoms with van der Waals surface area (Å²) in [7, 11) is 0. The van der Waals surface area contributed by atoms with E-state index in [1.807, 2.05) is 0 Å². The van der Waals surface area contributed by atoms with Gasteiger partial charge in [0.2, 0.25) is 0 Å². The van der Waals surface area contributed by atoms with Gasteiger partial charge in [-0.3, -0.25) is 0 Å². The number of benzene rings is 12. The smallest absolute Gasteiger partial charge is 0.0709 e. The lowest BCUT2D eigenvalue weighted by molar-refractivity contribution is 0.660. The third-order valence-corrected chi connectivity index (χ3v) is 17.9. The van der Waals surface area contributed by atoms with Crippen LogP contribution in [-0.2, 0) is 10.8 Å². The first-order valence-corrected chi connectivity index (χ1v) is 29.9. The first-order valence-electron chi connectivity index (χ1n) is 29.9. The molecule has 4 nitrogen and oxygen atoms in total. The van der Waals surface area contributed by atoms with Crippen molar-refractivity contribution in [3.63, 3.8) is 0 Å². The van der Waals surface area contributed by atoms with Crippen LogP contribution in [0.2, 0.25) is 0 Å². The standard InChI is InChI=1S/C82H64N4/c1-81(2)73-51-57(39-45-69(73)71-47-43-67(55-75(71)81)83(61-23-11-5-12-24-61)62-25-13-6-14-26-62)35-37-59-41-49-77-79(53-59)86(66-33-21-10-22-34-66)80-54-60(42-50-78(80)85(77)65-31-19-9-20-32-65)38-36-58-40-46-70-72-48-44-68(56-76(72)82(3,4)74(70)52-58)84(63-27-15-7-16-28-63)64-29-17-8-18-30-64/h5-56H,1-4H3. The molecule has 12 aromatic carbocycles. The molecule has 1 aliphatic heterocycles. The van der Waals surface area contributed by atoms with Crippen molar-refractivity contribution in [3.05, 3.63) is 336 Å². The highest BCUT2D eigenvalue weighted by Gasteiger charge is 2.38. The summed E-state index contributed by atoms with van der Waals surface area (Å²) in [5.74, 6) is 0. The number of para-hydroxylation sites is 6. The number of fused-ring (bicyclic) bond motifs is 8. The first kappa shape index (κ1) is 52.1. The molecular weight excluding hydrogens is 1040 g/mol. The third-order valence-electron chi connectivity index (χ3n) is 17.9. The molecule has 0 radical (unpaired) electrons. The van der Waals surface area contributed by atoms with Gasteiger partial charge >= 0.3 is 0 Å². The Kier molecular flexibility index (Phi) is 12.8. The van der Waals surface area contributed by atoms with Crippen molar-refractivity contribution in [2.45, 2.75) is 38.5 Å². The molecule has 0 bridgehead atoms. The minimum absolute atomic E-state index is 0.209. The predicted molar refractivity (Wildman–Crippen MR) is 365 cm³/mol. The average Bonchev–Trinajstić information content (AvgIpc) is 1.75. The van der Waals surface area contributed by atoms with Crippen molar-refractivity contribution in [3.8, 4) is 22.3 Å². The lowest BCUT2D eigenvalue weighted by Crippen LogP contribution is -2.24. The van der Waals surface area contributed by atoms with Crippen LogP contribution in [0.25, 0.3) is 46.6 Å². The Balaban J connectivity index is 0.749. The van der Waals surface area contributed by atoms with E-state index in [0.717, 1.165) is 79.4 Å². The molecule has 0 spiro atoms. The molecule has 3 aliphatic rings. The molecule has 0 amide bonds. The molecule has 0 saturated carbocycles. The van der Waals surface area contributed by atoms with Gasteiger partial charge < -0.3 is 19.6 Å². The third kappa shape index (κ3) is 9.10. The highest BCUT2D eigenvalue weighted by Crippen LogP contribution is 2.56. The zero-order valence-corrected chi connectivity index (χ0v) is 48.8. The summed E-state index contributed by atoms with van der Waals surface area (Å²) in [5, 5.41) is 0. The highest BCUT2D eigenvalue weighted by atomic mass is 15.3. The van der Waals surface area contributed by atoms with Gasteiger partial charge in [0.15, 0.2) is 0 Å². The van der Waals surface area contributed by atoms with Crippen LogP contribution in [-0.4, -0.2) is 0 Å². The summed E-state index contributed by atoms with van der Waals surface area (Å²) in [6.45, 7) is 9.49. The average molecular weight is 1110 g/mol. The Morgan fingerprint density at radius 3 is 0.849 bits per heavy atom. The number of hydrogen-bond acceptors (Lipinski definition) is 4. The van der Waals surface area contributed by atoms with E-state index in [1.165, 1.54) is 55.6 Å². The molecule has 2 aliphatic carbocycles. The van der Waals surface area contributed by atoms with E-state index in [2.05, 4.69) is 363 Å². The molecule has 12 aromatic rings. The van der Waals surface area contributed by atoms with E-state index < -0.39 is 0 Å². The molecule has 0 N–H and O–H groups in total. The molecule has 1 heterocycles. The van der Waals surface area contributed by atoms with Crippen molar-refractivity contribution in [1.82, 2.24) is 0 Å². The SMILES string of the molecule is CC1(C)c2cc(C=Cc3ccc4c(c3)N(c3ccccc3)c3cc(C=Cc5ccc6c(c5)C(C)(C)c5cc(N(c7ccccc7)c7ccccc7)ccc5-6)ccc3N4c3ccccc3)ccc2-c2ccc(N(c3ccccc3)c3ccccc3)cc21. The summed E-state index contributed by atoms with van der Waals surface area (Å²) < 4.78 is 0. The Morgan fingerprint density at radius 1 is 0.244 bits per heavy atom. The van der Waals surface area contributed by atoms with Gasteiger partial charge in [-0.15, -0.1) is 0 Å². The van der Waals surface area contributed by atoms with Gasteiger partial charge in [0, 0.05) is 56.3 Å². The van der Waals surface area contributed by atoms with Gasteiger partial charge in [0.05, 0.1) is 22.7 Å². The van der Waals surface area contributed by atoms with E-state index in [4.69, 9.17) is 0 Å². The summed E-state index contributed by atoms with van der Waals surface area (Å²) in [5.41, 5.74) is 28.2. The van der Waals surface area contributed by atoms with Gasteiger partial charge in [-0.25, -0.2) is 0 Å². The number of nitrogens with zero attached hydrogens (tertiary/aromatic N) is 4. The van der Waals surface area contributed by atoms with E-state index in [-0.39, 0.29) is 10.8 Å². The van der Waals surface area contributed by atoms with Crippen LogP contribution in [0.5, 0.6) is 0 Å². The second-order valence-corrected chi connectivity index (χ2v) is 23.8. The van der Waals surface area contributed by atoms with Crippen molar-refractivity contribution >= 4 is 92.6 Å². The van der Waals surface area contributed by atoms with Gasteiger partial charge in [-0.05, 0) is 188 Å². The van der Waals surface area contributed by atoms with Gasteiger partial charge in [-0.1, -0.05) is 222 Å². The zero-order chi connectivity index (χ0) is 57.9. The maximum absolute atomic E-state index is 2.44. The topological polar surface area (TPSA) is 13.0 Å². The van der Waals surface area contributed by atoms with Crippen LogP contribution in [0.4, 0.5) is 68.2 Å². The van der Waals surface area contributed by atoms with Crippen molar-refractivity contribution < 1.29 is 0 Å². The van der Waals surface area contributed by atoms with Crippen LogP contribution in [0.15, 0.2) is 291 Å². The summed E-state index contributed by atoms with van der Waals surface area (Å²) in [6.07, 6.45) is 9.11. The van der Waals surface area contributed by atoms with Crippen LogP contribution < -0.4 is 19.6 Å². The largest absolute Gasteiger partial charge is 0.310 e.